The molecule has 27 heavy (non-hydrogen) atoms. The number of benzene rings is 1. The lowest BCUT2D eigenvalue weighted by molar-refractivity contribution is -0.134. The van der Waals surface area contributed by atoms with E-state index in [1.165, 1.54) is 4.90 Å². The first kappa shape index (κ1) is 20.4. The number of anilines is 1. The maximum Gasteiger partial charge on any atom is 0.244 e. The van der Waals surface area contributed by atoms with E-state index in [0.717, 1.165) is 6.07 Å². The molecule has 0 saturated carbocycles. The minimum absolute atomic E-state index is 0.0501. The molecule has 7 nitrogen and oxygen atoms in total. The molecule has 0 saturated heterocycles. The normalized spacial score (nSPS) is 10.7. The van der Waals surface area contributed by atoms with Crippen LogP contribution < -0.4 is 5.32 Å². The maximum absolute atomic E-state index is 13.6. The van der Waals surface area contributed by atoms with Gasteiger partial charge in [-0.3, -0.25) is 9.59 Å². The molecule has 1 N–H and O–H groups in total. The summed E-state index contributed by atoms with van der Waals surface area (Å²) in [5.41, 5.74) is -0.496. The van der Waals surface area contributed by atoms with Crippen LogP contribution in [-0.4, -0.2) is 39.9 Å². The van der Waals surface area contributed by atoms with Crippen LogP contribution in [0.3, 0.4) is 0 Å². The molecule has 2 amide bonds. The lowest BCUT2D eigenvalue weighted by Crippen LogP contribution is -2.38. The minimum Gasteiger partial charge on any atom is -0.339 e. The molecule has 10 heteroatoms. The van der Waals surface area contributed by atoms with Crippen LogP contribution in [0.4, 0.5) is 18.9 Å². The Kier molecular flexibility index (Phi) is 6.91. The Balaban J connectivity index is 1.96. The Bertz CT molecular complexity index is 826. The molecule has 2 rings (SSSR count). The van der Waals surface area contributed by atoms with Crippen molar-refractivity contribution in [3.8, 4) is 0 Å². The second kappa shape index (κ2) is 9.15. The quantitative estimate of drug-likeness (QED) is 0.707. The van der Waals surface area contributed by atoms with Gasteiger partial charge in [-0.15, -0.1) is 0 Å². The van der Waals surface area contributed by atoms with Crippen LogP contribution in [0.1, 0.15) is 31.5 Å². The van der Waals surface area contributed by atoms with Gasteiger partial charge >= 0.3 is 0 Å². The van der Waals surface area contributed by atoms with Crippen molar-refractivity contribution in [1.29, 1.82) is 0 Å². The third-order valence-corrected chi connectivity index (χ3v) is 3.61. The summed E-state index contributed by atoms with van der Waals surface area (Å²) in [6, 6.07) is 1.62. The van der Waals surface area contributed by atoms with E-state index in [9.17, 15) is 22.8 Å². The van der Waals surface area contributed by atoms with Gasteiger partial charge < -0.3 is 14.7 Å². The van der Waals surface area contributed by atoms with Gasteiger partial charge in [0.15, 0.2) is 23.3 Å². The Hall–Kier alpha value is -2.91. The average Bonchev–Trinajstić information content (AvgIpc) is 3.05. The minimum atomic E-state index is -1.68. The number of carbonyl (C=O) groups is 2. The summed E-state index contributed by atoms with van der Waals surface area (Å²) in [6.07, 6.45) is 0.867. The first-order valence-electron chi connectivity index (χ1n) is 8.32. The molecule has 0 atom stereocenters. The summed E-state index contributed by atoms with van der Waals surface area (Å²) in [4.78, 5) is 29.7. The summed E-state index contributed by atoms with van der Waals surface area (Å²) >= 11 is 0. The smallest absolute Gasteiger partial charge is 0.244 e. The van der Waals surface area contributed by atoms with Crippen molar-refractivity contribution in [2.24, 2.45) is 0 Å². The topological polar surface area (TPSA) is 88.3 Å². The summed E-state index contributed by atoms with van der Waals surface area (Å²) in [5.74, 6) is -4.82. The highest BCUT2D eigenvalue weighted by atomic mass is 19.2. The molecule has 1 aromatic heterocycles. The molecule has 0 unspecified atom stereocenters. The fourth-order valence-electron chi connectivity index (χ4n) is 2.36. The van der Waals surface area contributed by atoms with Gasteiger partial charge in [0.1, 0.15) is 0 Å². The molecule has 0 aliphatic carbocycles. The lowest BCUT2D eigenvalue weighted by atomic mass is 10.2. The largest absolute Gasteiger partial charge is 0.339 e. The molecular formula is C17H19F3N4O3. The number of carbonyl (C=O) groups excluding carboxylic acids is 2. The van der Waals surface area contributed by atoms with Crippen molar-refractivity contribution >= 4 is 17.5 Å². The van der Waals surface area contributed by atoms with Gasteiger partial charge in [-0.25, -0.2) is 13.2 Å². The summed E-state index contributed by atoms with van der Waals surface area (Å²) in [6.45, 7) is 3.43. The third kappa shape index (κ3) is 5.53. The zero-order valence-corrected chi connectivity index (χ0v) is 14.9. The summed E-state index contributed by atoms with van der Waals surface area (Å²) < 4.78 is 44.7. The van der Waals surface area contributed by atoms with Gasteiger partial charge in [-0.2, -0.15) is 4.98 Å². The number of halogens is 3. The number of nitrogens with zero attached hydrogens (tertiary/aromatic N) is 3. The molecule has 0 aliphatic heterocycles. The monoisotopic (exact) mass is 384 g/mol. The van der Waals surface area contributed by atoms with Crippen molar-refractivity contribution in [3.63, 3.8) is 0 Å². The number of aromatic nitrogens is 2. The number of hydrogen-bond acceptors (Lipinski definition) is 5. The van der Waals surface area contributed by atoms with Gasteiger partial charge in [0.25, 0.3) is 0 Å². The molecule has 2 aromatic rings. The van der Waals surface area contributed by atoms with E-state index in [2.05, 4.69) is 15.5 Å². The average molecular weight is 384 g/mol. The predicted molar refractivity (Wildman–Crippen MR) is 89.2 cm³/mol. The number of amides is 2. The van der Waals surface area contributed by atoms with Crippen LogP contribution in [0.2, 0.25) is 0 Å². The van der Waals surface area contributed by atoms with Gasteiger partial charge in [-0.05, 0) is 25.5 Å². The molecule has 0 radical (unpaired) electrons. The van der Waals surface area contributed by atoms with E-state index in [1.54, 1.807) is 6.92 Å². The second-order valence-corrected chi connectivity index (χ2v) is 5.82. The fourth-order valence-corrected chi connectivity index (χ4v) is 2.36. The molecule has 0 spiro atoms. The zero-order valence-electron chi connectivity index (χ0n) is 14.9. The SMILES string of the molecule is CCCN(CC(=O)Nc1ccc(F)c(F)c1F)C(=O)CCc1nc(C)no1. The molecule has 1 aromatic carbocycles. The molecule has 0 aliphatic rings. The number of rotatable bonds is 8. The zero-order chi connectivity index (χ0) is 20.0. The van der Waals surface area contributed by atoms with Crippen molar-refractivity contribution in [1.82, 2.24) is 15.0 Å². The molecule has 1 heterocycles. The van der Waals surface area contributed by atoms with Crippen LogP contribution >= 0.6 is 0 Å². The van der Waals surface area contributed by atoms with E-state index >= 15 is 0 Å². The van der Waals surface area contributed by atoms with Crippen LogP contribution in [0.5, 0.6) is 0 Å². The highest BCUT2D eigenvalue weighted by Gasteiger charge is 2.20. The highest BCUT2D eigenvalue weighted by molar-refractivity contribution is 5.94. The second-order valence-electron chi connectivity index (χ2n) is 5.82. The molecule has 0 bridgehead atoms. The Labute approximate surface area is 153 Å². The van der Waals surface area contributed by atoms with Crippen LogP contribution in [0.25, 0.3) is 0 Å². The first-order valence-corrected chi connectivity index (χ1v) is 8.32. The predicted octanol–water partition coefficient (Wildman–Crippen LogP) is 2.61. The molecule has 146 valence electrons. The van der Waals surface area contributed by atoms with E-state index < -0.39 is 29.0 Å². The van der Waals surface area contributed by atoms with E-state index in [4.69, 9.17) is 4.52 Å². The fraction of sp³-hybridized carbons (Fsp3) is 0.412. The molecular weight excluding hydrogens is 365 g/mol. The number of hydrogen-bond donors (Lipinski definition) is 1. The van der Waals surface area contributed by atoms with Gasteiger partial charge in [0.2, 0.25) is 17.7 Å². The Morgan fingerprint density at radius 3 is 2.59 bits per heavy atom. The Morgan fingerprint density at radius 1 is 1.22 bits per heavy atom. The lowest BCUT2D eigenvalue weighted by Gasteiger charge is -2.21. The highest BCUT2D eigenvalue weighted by Crippen LogP contribution is 2.19. The van der Waals surface area contributed by atoms with Crippen molar-refractivity contribution < 1.29 is 27.3 Å². The number of aryl methyl sites for hydroxylation is 2. The van der Waals surface area contributed by atoms with Crippen LogP contribution in [0.15, 0.2) is 16.7 Å². The van der Waals surface area contributed by atoms with Gasteiger partial charge in [-0.1, -0.05) is 12.1 Å². The van der Waals surface area contributed by atoms with Gasteiger partial charge in [0.05, 0.1) is 12.2 Å². The van der Waals surface area contributed by atoms with E-state index in [1.807, 2.05) is 6.92 Å². The summed E-state index contributed by atoms with van der Waals surface area (Å²) in [7, 11) is 0. The van der Waals surface area contributed by atoms with Crippen molar-refractivity contribution in [2.75, 3.05) is 18.4 Å². The maximum atomic E-state index is 13.6. The summed E-state index contributed by atoms with van der Waals surface area (Å²) in [5, 5.41) is 5.77. The van der Waals surface area contributed by atoms with E-state index in [0.29, 0.717) is 30.7 Å². The van der Waals surface area contributed by atoms with Crippen LogP contribution in [0, 0.1) is 24.4 Å². The standard InChI is InChI=1S/C17H19F3N4O3/c1-3-8-24(15(26)7-6-14-21-10(2)23-27-14)9-13(25)22-12-5-4-11(18)16(19)17(12)20/h4-5H,3,6-9H2,1-2H3,(H,22,25). The molecule has 0 fully saturated rings. The first-order chi connectivity index (χ1) is 12.8. The van der Waals surface area contributed by atoms with E-state index in [-0.39, 0.29) is 25.3 Å². The van der Waals surface area contributed by atoms with Crippen molar-refractivity contribution in [2.45, 2.75) is 33.1 Å². The third-order valence-electron chi connectivity index (χ3n) is 3.61. The van der Waals surface area contributed by atoms with Crippen molar-refractivity contribution in [3.05, 3.63) is 41.3 Å². The van der Waals surface area contributed by atoms with Crippen LogP contribution in [-0.2, 0) is 16.0 Å². The van der Waals surface area contributed by atoms with Gasteiger partial charge in [0, 0.05) is 19.4 Å². The Morgan fingerprint density at radius 2 is 1.96 bits per heavy atom. The number of nitrogens with one attached hydrogen (secondary N) is 1.